The van der Waals surface area contributed by atoms with Crippen LogP contribution in [0.5, 0.6) is 0 Å². The van der Waals surface area contributed by atoms with Crippen molar-refractivity contribution in [3.63, 3.8) is 0 Å². The molecule has 2 aromatic rings. The van der Waals surface area contributed by atoms with Crippen molar-refractivity contribution in [2.75, 3.05) is 11.4 Å². The van der Waals surface area contributed by atoms with E-state index in [9.17, 15) is 22.8 Å². The Hall–Kier alpha value is -2.61. The highest BCUT2D eigenvalue weighted by atomic mass is 35.5. The van der Waals surface area contributed by atoms with Crippen molar-refractivity contribution in [3.05, 3.63) is 58.5 Å². The first kappa shape index (κ1) is 20.1. The lowest BCUT2D eigenvalue weighted by Gasteiger charge is -2.46. The molecular weight excluding hydrogens is 395 g/mol. The number of piperazine rings is 1. The molecule has 1 atom stereocenters. The zero-order valence-corrected chi connectivity index (χ0v) is 15.9. The van der Waals surface area contributed by atoms with Gasteiger partial charge in [0.1, 0.15) is 6.54 Å². The molecule has 0 N–H and O–H groups in total. The molecule has 1 fully saturated rings. The minimum atomic E-state index is -3.19. The second kappa shape index (κ2) is 7.43. The second-order valence-corrected chi connectivity index (χ2v) is 7.20. The van der Waals surface area contributed by atoms with E-state index in [1.54, 1.807) is 31.2 Å². The van der Waals surface area contributed by atoms with Gasteiger partial charge in [0.2, 0.25) is 5.91 Å². The standard InChI is InChI=1S/C19H17ClF3N3O2/c1-11-7-14(21)16(24-8-11)25-10-15(27)26(19(2,17(22)23)18(25)28)9-12-3-5-13(20)6-4-12/h3-8,17H,9-10H2,1-2H3/t19-/m1/s1. The van der Waals surface area contributed by atoms with Gasteiger partial charge in [-0.2, -0.15) is 0 Å². The number of hydrogen-bond acceptors (Lipinski definition) is 3. The molecule has 0 saturated carbocycles. The molecule has 0 radical (unpaired) electrons. The van der Waals surface area contributed by atoms with Gasteiger partial charge in [-0.15, -0.1) is 0 Å². The van der Waals surface area contributed by atoms with E-state index in [4.69, 9.17) is 11.6 Å². The van der Waals surface area contributed by atoms with Crippen LogP contribution in [-0.4, -0.2) is 40.2 Å². The first-order chi connectivity index (χ1) is 13.1. The first-order valence-electron chi connectivity index (χ1n) is 8.41. The number of nitrogens with zero attached hydrogens (tertiary/aromatic N) is 3. The number of aryl methyl sites for hydroxylation is 1. The van der Waals surface area contributed by atoms with Gasteiger partial charge in [0, 0.05) is 17.8 Å². The minimum absolute atomic E-state index is 0.208. The van der Waals surface area contributed by atoms with Crippen LogP contribution in [0.2, 0.25) is 5.02 Å². The average Bonchev–Trinajstić information content (AvgIpc) is 2.63. The normalized spacial score (nSPS) is 20.2. The van der Waals surface area contributed by atoms with Gasteiger partial charge in [-0.1, -0.05) is 23.7 Å². The van der Waals surface area contributed by atoms with Crippen molar-refractivity contribution in [2.45, 2.75) is 32.4 Å². The van der Waals surface area contributed by atoms with Crippen molar-refractivity contribution in [3.8, 4) is 0 Å². The number of pyridine rings is 1. The molecule has 0 spiro atoms. The minimum Gasteiger partial charge on any atom is -0.317 e. The van der Waals surface area contributed by atoms with Gasteiger partial charge in [-0.25, -0.2) is 18.2 Å². The summed E-state index contributed by atoms with van der Waals surface area (Å²) in [4.78, 5) is 31.0. The lowest BCUT2D eigenvalue weighted by atomic mass is 9.94. The van der Waals surface area contributed by atoms with Crippen LogP contribution in [0, 0.1) is 12.7 Å². The molecule has 5 nitrogen and oxygen atoms in total. The van der Waals surface area contributed by atoms with E-state index in [0.29, 0.717) is 21.0 Å². The fraction of sp³-hybridized carbons (Fsp3) is 0.316. The molecule has 1 aromatic carbocycles. The molecule has 0 bridgehead atoms. The molecule has 0 unspecified atom stereocenters. The van der Waals surface area contributed by atoms with Gasteiger partial charge in [-0.3, -0.25) is 14.5 Å². The molecule has 148 valence electrons. The molecule has 1 aliphatic heterocycles. The van der Waals surface area contributed by atoms with E-state index < -0.39 is 42.0 Å². The highest BCUT2D eigenvalue weighted by Crippen LogP contribution is 2.34. The van der Waals surface area contributed by atoms with Crippen LogP contribution in [0.4, 0.5) is 19.0 Å². The molecule has 2 amide bonds. The summed E-state index contributed by atoms with van der Waals surface area (Å²) in [7, 11) is 0. The number of amides is 2. The van der Waals surface area contributed by atoms with Crippen LogP contribution in [0.25, 0.3) is 0 Å². The lowest BCUT2D eigenvalue weighted by Crippen LogP contribution is -2.70. The summed E-state index contributed by atoms with van der Waals surface area (Å²) < 4.78 is 42.3. The Bertz CT molecular complexity index is 923. The molecule has 1 saturated heterocycles. The number of aromatic nitrogens is 1. The van der Waals surface area contributed by atoms with E-state index in [1.165, 1.54) is 6.20 Å². The summed E-state index contributed by atoms with van der Waals surface area (Å²) in [6.45, 7) is 1.79. The van der Waals surface area contributed by atoms with Gasteiger partial charge in [0.05, 0.1) is 0 Å². The van der Waals surface area contributed by atoms with Crippen molar-refractivity contribution in [1.29, 1.82) is 0 Å². The zero-order chi connectivity index (χ0) is 20.6. The molecular formula is C19H17ClF3N3O2. The predicted octanol–water partition coefficient (Wildman–Crippen LogP) is 3.58. The van der Waals surface area contributed by atoms with Crippen LogP contribution in [0.3, 0.4) is 0 Å². The smallest absolute Gasteiger partial charge is 0.270 e. The Kier molecular flexibility index (Phi) is 5.34. The SMILES string of the molecule is Cc1cnc(N2CC(=O)N(Cc3ccc(Cl)cc3)[C@](C)(C(F)F)C2=O)c(F)c1. The van der Waals surface area contributed by atoms with Gasteiger partial charge >= 0.3 is 0 Å². The summed E-state index contributed by atoms with van der Waals surface area (Å²) in [6.07, 6.45) is -1.89. The predicted molar refractivity (Wildman–Crippen MR) is 97.7 cm³/mol. The quantitative estimate of drug-likeness (QED) is 0.772. The maximum Gasteiger partial charge on any atom is 0.270 e. The number of halogens is 4. The number of carbonyl (C=O) groups is 2. The van der Waals surface area contributed by atoms with Gasteiger partial charge in [-0.05, 0) is 43.2 Å². The monoisotopic (exact) mass is 411 g/mol. The zero-order valence-electron chi connectivity index (χ0n) is 15.1. The van der Waals surface area contributed by atoms with Crippen LogP contribution < -0.4 is 4.90 Å². The van der Waals surface area contributed by atoms with E-state index in [1.807, 2.05) is 0 Å². The van der Waals surface area contributed by atoms with Crippen molar-refractivity contribution in [1.82, 2.24) is 9.88 Å². The van der Waals surface area contributed by atoms with E-state index >= 15 is 0 Å². The topological polar surface area (TPSA) is 53.5 Å². The van der Waals surface area contributed by atoms with E-state index in [0.717, 1.165) is 17.9 Å². The maximum atomic E-state index is 14.3. The Balaban J connectivity index is 2.00. The number of carbonyl (C=O) groups excluding carboxylic acids is 2. The average molecular weight is 412 g/mol. The van der Waals surface area contributed by atoms with Crippen LogP contribution in [0.1, 0.15) is 18.1 Å². The van der Waals surface area contributed by atoms with Gasteiger partial charge in [0.15, 0.2) is 17.2 Å². The van der Waals surface area contributed by atoms with Crippen molar-refractivity contribution >= 4 is 29.2 Å². The highest BCUT2D eigenvalue weighted by Gasteiger charge is 2.56. The lowest BCUT2D eigenvalue weighted by molar-refractivity contribution is -0.161. The Morgan fingerprint density at radius 2 is 1.89 bits per heavy atom. The van der Waals surface area contributed by atoms with Gasteiger partial charge in [0.25, 0.3) is 12.3 Å². The van der Waals surface area contributed by atoms with Crippen molar-refractivity contribution in [2.24, 2.45) is 0 Å². The van der Waals surface area contributed by atoms with Gasteiger partial charge < -0.3 is 4.90 Å². The molecule has 9 heteroatoms. The molecule has 1 aliphatic rings. The summed E-state index contributed by atoms with van der Waals surface area (Å²) >= 11 is 5.82. The first-order valence-corrected chi connectivity index (χ1v) is 8.79. The number of rotatable bonds is 4. The number of anilines is 1. The Morgan fingerprint density at radius 3 is 2.46 bits per heavy atom. The third-order valence-corrected chi connectivity index (χ3v) is 4.98. The number of benzene rings is 1. The van der Waals surface area contributed by atoms with Crippen molar-refractivity contribution < 1.29 is 22.8 Å². The fourth-order valence-electron chi connectivity index (χ4n) is 3.07. The molecule has 3 rings (SSSR count). The molecule has 1 aromatic heterocycles. The van der Waals surface area contributed by atoms with Crippen LogP contribution in [-0.2, 0) is 16.1 Å². The molecule has 28 heavy (non-hydrogen) atoms. The van der Waals surface area contributed by atoms with E-state index in [2.05, 4.69) is 4.98 Å². The largest absolute Gasteiger partial charge is 0.317 e. The summed E-state index contributed by atoms with van der Waals surface area (Å²) in [5, 5.41) is 0.452. The summed E-state index contributed by atoms with van der Waals surface area (Å²) in [5.41, 5.74) is -1.43. The Morgan fingerprint density at radius 1 is 1.25 bits per heavy atom. The molecule has 2 heterocycles. The highest BCUT2D eigenvalue weighted by molar-refractivity contribution is 6.30. The van der Waals surface area contributed by atoms with Crippen LogP contribution >= 0.6 is 11.6 Å². The molecule has 0 aliphatic carbocycles. The maximum absolute atomic E-state index is 14.3. The summed E-state index contributed by atoms with van der Waals surface area (Å²) in [5.74, 6) is -3.13. The number of hydrogen-bond donors (Lipinski definition) is 0. The fourth-order valence-corrected chi connectivity index (χ4v) is 3.20. The van der Waals surface area contributed by atoms with E-state index in [-0.39, 0.29) is 6.54 Å². The third-order valence-electron chi connectivity index (χ3n) is 4.73. The number of alkyl halides is 2. The van der Waals surface area contributed by atoms with Crippen LogP contribution in [0.15, 0.2) is 36.5 Å². The third kappa shape index (κ3) is 3.44. The Labute approximate surface area is 164 Å². The summed E-state index contributed by atoms with van der Waals surface area (Å²) in [6, 6.07) is 7.41. The second-order valence-electron chi connectivity index (χ2n) is 6.76.